The Hall–Kier alpha value is -2.00. The van der Waals surface area contributed by atoms with E-state index in [0.29, 0.717) is 22.4 Å². The van der Waals surface area contributed by atoms with E-state index in [0.717, 1.165) is 55.2 Å². The molecular weight excluding hydrogens is 410 g/mol. The van der Waals surface area contributed by atoms with Gasteiger partial charge in [-0.3, -0.25) is 19.3 Å². The highest BCUT2D eigenvalue weighted by Gasteiger charge is 2.25. The van der Waals surface area contributed by atoms with Crippen LogP contribution in [0.15, 0.2) is 24.4 Å². The van der Waals surface area contributed by atoms with Crippen molar-refractivity contribution in [3.63, 3.8) is 0 Å². The Bertz CT molecular complexity index is 1010. The molecule has 1 aromatic carbocycles. The van der Waals surface area contributed by atoms with Crippen molar-refractivity contribution in [2.24, 2.45) is 0 Å². The second kappa shape index (κ2) is 8.79. The van der Waals surface area contributed by atoms with Gasteiger partial charge < -0.3 is 4.74 Å². The molecule has 9 heteroatoms. The lowest BCUT2D eigenvalue weighted by atomic mass is 10.2. The summed E-state index contributed by atoms with van der Waals surface area (Å²) >= 11 is 7.78. The molecular formula is C20H24ClN5O2S. The molecule has 3 aromatic rings. The van der Waals surface area contributed by atoms with Crippen LogP contribution in [-0.4, -0.2) is 65.0 Å². The van der Waals surface area contributed by atoms with Crippen LogP contribution in [0.4, 0.5) is 5.13 Å². The van der Waals surface area contributed by atoms with Gasteiger partial charge in [-0.25, -0.2) is 4.98 Å². The zero-order valence-corrected chi connectivity index (χ0v) is 18.2. The lowest BCUT2D eigenvalue weighted by molar-refractivity contribution is 0.0391. The number of anilines is 1. The van der Waals surface area contributed by atoms with Gasteiger partial charge in [-0.15, -0.1) is 0 Å². The summed E-state index contributed by atoms with van der Waals surface area (Å²) in [6, 6.07) is 5.61. The topological polar surface area (TPSA) is 63.5 Å². The van der Waals surface area contributed by atoms with Crippen LogP contribution in [0.3, 0.4) is 0 Å². The van der Waals surface area contributed by atoms with E-state index >= 15 is 0 Å². The molecule has 0 N–H and O–H groups in total. The minimum absolute atomic E-state index is 0.131. The first-order valence-corrected chi connectivity index (χ1v) is 11.0. The van der Waals surface area contributed by atoms with Gasteiger partial charge in [-0.05, 0) is 37.6 Å². The number of nitrogens with zero attached hydrogens (tertiary/aromatic N) is 5. The SMILES string of the molecule is CCn1ccc(C(=O)N(CCN2CCOCC2)c2nc3c(C)c(Cl)ccc3s2)n1. The van der Waals surface area contributed by atoms with Crippen molar-refractivity contribution in [1.29, 1.82) is 0 Å². The molecule has 0 atom stereocenters. The van der Waals surface area contributed by atoms with E-state index in [-0.39, 0.29) is 5.91 Å². The number of morpholine rings is 1. The number of carbonyl (C=O) groups excluding carboxylic acids is 1. The number of carbonyl (C=O) groups is 1. The third-order valence-corrected chi connectivity index (χ3v) is 6.59. The highest BCUT2D eigenvalue weighted by Crippen LogP contribution is 2.34. The molecule has 3 heterocycles. The summed E-state index contributed by atoms with van der Waals surface area (Å²) in [6.45, 7) is 9.20. The summed E-state index contributed by atoms with van der Waals surface area (Å²) in [5.74, 6) is -0.131. The number of amides is 1. The van der Waals surface area contributed by atoms with Crippen LogP contribution in [0.1, 0.15) is 23.0 Å². The average Bonchev–Trinajstić information content (AvgIpc) is 3.39. The quantitative estimate of drug-likeness (QED) is 0.595. The number of hydrogen-bond donors (Lipinski definition) is 0. The molecule has 2 aromatic heterocycles. The summed E-state index contributed by atoms with van der Waals surface area (Å²) in [5, 5.41) is 5.76. The maximum Gasteiger partial charge on any atom is 0.280 e. The highest BCUT2D eigenvalue weighted by atomic mass is 35.5. The third kappa shape index (κ3) is 4.30. The van der Waals surface area contributed by atoms with Crippen molar-refractivity contribution < 1.29 is 9.53 Å². The van der Waals surface area contributed by atoms with Gasteiger partial charge in [-0.1, -0.05) is 22.9 Å². The molecule has 7 nitrogen and oxygen atoms in total. The molecule has 1 saturated heterocycles. The Labute approximate surface area is 178 Å². The molecule has 0 saturated carbocycles. The van der Waals surface area contributed by atoms with Crippen LogP contribution in [0.5, 0.6) is 0 Å². The van der Waals surface area contributed by atoms with Gasteiger partial charge in [0, 0.05) is 43.9 Å². The Morgan fingerprint density at radius 3 is 2.83 bits per heavy atom. The molecule has 1 aliphatic rings. The van der Waals surface area contributed by atoms with Gasteiger partial charge in [0.2, 0.25) is 0 Å². The van der Waals surface area contributed by atoms with E-state index < -0.39 is 0 Å². The molecule has 1 aliphatic heterocycles. The number of fused-ring (bicyclic) bond motifs is 1. The van der Waals surface area contributed by atoms with Crippen molar-refractivity contribution >= 4 is 44.2 Å². The number of hydrogen-bond acceptors (Lipinski definition) is 6. The summed E-state index contributed by atoms with van der Waals surface area (Å²) in [4.78, 5) is 22.2. The first-order chi connectivity index (χ1) is 14.1. The van der Waals surface area contributed by atoms with Gasteiger partial charge in [0.25, 0.3) is 5.91 Å². The lowest BCUT2D eigenvalue weighted by Gasteiger charge is -2.29. The maximum atomic E-state index is 13.3. The van der Waals surface area contributed by atoms with E-state index in [1.165, 1.54) is 11.3 Å². The number of rotatable bonds is 6. The summed E-state index contributed by atoms with van der Waals surface area (Å²) in [6.07, 6.45) is 1.83. The average molecular weight is 434 g/mol. The van der Waals surface area contributed by atoms with Crippen LogP contribution >= 0.6 is 22.9 Å². The van der Waals surface area contributed by atoms with E-state index in [4.69, 9.17) is 21.3 Å². The molecule has 154 valence electrons. The maximum absolute atomic E-state index is 13.3. The molecule has 1 fully saturated rings. The normalized spacial score (nSPS) is 15.1. The third-order valence-electron chi connectivity index (χ3n) is 5.14. The van der Waals surface area contributed by atoms with E-state index in [1.54, 1.807) is 15.6 Å². The van der Waals surface area contributed by atoms with Gasteiger partial charge in [0.05, 0.1) is 23.4 Å². The first kappa shape index (κ1) is 20.3. The van der Waals surface area contributed by atoms with Gasteiger partial charge in [0.1, 0.15) is 0 Å². The number of thiazole rings is 1. The summed E-state index contributed by atoms with van der Waals surface area (Å²) < 4.78 is 8.21. The molecule has 0 spiro atoms. The minimum Gasteiger partial charge on any atom is -0.379 e. The van der Waals surface area contributed by atoms with Crippen molar-refractivity contribution in [2.75, 3.05) is 44.3 Å². The summed E-state index contributed by atoms with van der Waals surface area (Å²) in [7, 11) is 0. The summed E-state index contributed by atoms with van der Waals surface area (Å²) in [5.41, 5.74) is 2.21. The monoisotopic (exact) mass is 433 g/mol. The molecule has 0 radical (unpaired) electrons. The number of aromatic nitrogens is 3. The van der Waals surface area contributed by atoms with Crippen LogP contribution < -0.4 is 4.90 Å². The Balaban J connectivity index is 1.65. The van der Waals surface area contributed by atoms with Gasteiger partial charge in [-0.2, -0.15) is 5.10 Å². The van der Waals surface area contributed by atoms with Crippen LogP contribution in [0.25, 0.3) is 10.2 Å². The fraction of sp³-hybridized carbons (Fsp3) is 0.450. The van der Waals surface area contributed by atoms with E-state index in [1.807, 2.05) is 32.2 Å². The van der Waals surface area contributed by atoms with Crippen molar-refractivity contribution in [1.82, 2.24) is 19.7 Å². The van der Waals surface area contributed by atoms with Crippen molar-refractivity contribution in [3.05, 3.63) is 40.7 Å². The lowest BCUT2D eigenvalue weighted by Crippen LogP contribution is -2.43. The predicted octanol–water partition coefficient (Wildman–Crippen LogP) is 3.45. The fourth-order valence-electron chi connectivity index (χ4n) is 3.34. The van der Waals surface area contributed by atoms with Crippen molar-refractivity contribution in [2.45, 2.75) is 20.4 Å². The number of ether oxygens (including phenoxy) is 1. The minimum atomic E-state index is -0.131. The van der Waals surface area contributed by atoms with E-state index in [2.05, 4.69) is 10.00 Å². The first-order valence-electron chi connectivity index (χ1n) is 9.78. The molecule has 0 bridgehead atoms. The molecule has 0 unspecified atom stereocenters. The van der Waals surface area contributed by atoms with Crippen molar-refractivity contribution in [3.8, 4) is 0 Å². The number of benzene rings is 1. The van der Waals surface area contributed by atoms with Crippen LogP contribution in [0, 0.1) is 6.92 Å². The smallest absolute Gasteiger partial charge is 0.280 e. The van der Waals surface area contributed by atoms with Crippen LogP contribution in [0.2, 0.25) is 5.02 Å². The van der Waals surface area contributed by atoms with Crippen LogP contribution in [-0.2, 0) is 11.3 Å². The molecule has 4 rings (SSSR count). The largest absolute Gasteiger partial charge is 0.379 e. The highest BCUT2D eigenvalue weighted by molar-refractivity contribution is 7.22. The second-order valence-corrected chi connectivity index (χ2v) is 8.40. The second-order valence-electron chi connectivity index (χ2n) is 6.98. The van der Waals surface area contributed by atoms with Gasteiger partial charge >= 0.3 is 0 Å². The zero-order chi connectivity index (χ0) is 20.4. The molecule has 1 amide bonds. The Morgan fingerprint density at radius 1 is 1.31 bits per heavy atom. The Kier molecular flexibility index (Phi) is 6.15. The molecule has 0 aliphatic carbocycles. The Morgan fingerprint density at radius 2 is 2.10 bits per heavy atom. The fourth-order valence-corrected chi connectivity index (χ4v) is 4.55. The number of aryl methyl sites for hydroxylation is 2. The number of halogens is 1. The standard InChI is InChI=1S/C20H24ClN5O2S/c1-3-25-7-6-16(23-25)19(27)26(9-8-24-10-12-28-13-11-24)20-22-18-14(2)15(21)4-5-17(18)29-20/h4-7H,3,8-13H2,1-2H3. The predicted molar refractivity (Wildman–Crippen MR) is 116 cm³/mol. The van der Waals surface area contributed by atoms with E-state index in [9.17, 15) is 4.79 Å². The zero-order valence-electron chi connectivity index (χ0n) is 16.6. The molecule has 29 heavy (non-hydrogen) atoms. The van der Waals surface area contributed by atoms with Gasteiger partial charge in [0.15, 0.2) is 10.8 Å².